The first-order valence-electron chi connectivity index (χ1n) is 7.33. The van der Waals surface area contributed by atoms with Gasteiger partial charge < -0.3 is 10.2 Å². The molecule has 1 saturated heterocycles. The number of nitrogens with zero attached hydrogens (tertiary/aromatic N) is 2. The van der Waals surface area contributed by atoms with Gasteiger partial charge in [0.05, 0.1) is 0 Å². The molecule has 1 fully saturated rings. The van der Waals surface area contributed by atoms with Gasteiger partial charge in [-0.05, 0) is 30.9 Å². The molecular weight excluding hydrogens is 288 g/mol. The molecule has 1 aromatic heterocycles. The van der Waals surface area contributed by atoms with Gasteiger partial charge in [-0.15, -0.1) is 0 Å². The number of sulfonamides is 1. The molecule has 2 heterocycles. The number of nitrogens with two attached hydrogens (primary N) is 1. The van der Waals surface area contributed by atoms with Crippen LogP contribution < -0.4 is 10.5 Å². The van der Waals surface area contributed by atoms with Crippen molar-refractivity contribution < 1.29 is 8.42 Å². The zero-order chi connectivity index (χ0) is 15.5. The predicted molar refractivity (Wildman–Crippen MR) is 83.5 cm³/mol. The summed E-state index contributed by atoms with van der Waals surface area (Å²) in [5.74, 6) is 1.03. The summed E-state index contributed by atoms with van der Waals surface area (Å²) in [6.45, 7) is 7.59. The molecule has 1 aliphatic heterocycles. The van der Waals surface area contributed by atoms with E-state index in [9.17, 15) is 8.42 Å². The standard InChI is InChI=1S/C14H24N4O2S/c1-11(2)10-18-8-5-12(6-9-18)17-14-13(21(15,19)20)4-3-7-16-14/h3-4,7,11-12H,5-6,8-10H2,1-2H3,(H,16,17)(H2,15,19,20). The summed E-state index contributed by atoms with van der Waals surface area (Å²) in [5, 5.41) is 8.46. The van der Waals surface area contributed by atoms with Crippen LogP contribution in [0.5, 0.6) is 0 Å². The van der Waals surface area contributed by atoms with E-state index < -0.39 is 10.0 Å². The molecule has 0 bridgehead atoms. The van der Waals surface area contributed by atoms with Crippen LogP contribution in [0.25, 0.3) is 0 Å². The summed E-state index contributed by atoms with van der Waals surface area (Å²) in [5.41, 5.74) is 0. The maximum atomic E-state index is 11.6. The third-order valence-electron chi connectivity index (χ3n) is 3.63. The lowest BCUT2D eigenvalue weighted by atomic mass is 10.0. The highest BCUT2D eigenvalue weighted by atomic mass is 32.2. The van der Waals surface area contributed by atoms with Gasteiger partial charge in [0.1, 0.15) is 10.7 Å². The van der Waals surface area contributed by atoms with Crippen molar-refractivity contribution in [3.8, 4) is 0 Å². The normalized spacial score (nSPS) is 18.1. The average molecular weight is 312 g/mol. The molecule has 118 valence electrons. The Hall–Kier alpha value is -1.18. The van der Waals surface area contributed by atoms with Crippen molar-refractivity contribution in [1.29, 1.82) is 0 Å². The molecule has 0 aromatic carbocycles. The minimum absolute atomic E-state index is 0.0645. The molecule has 0 saturated carbocycles. The van der Waals surface area contributed by atoms with Crippen LogP contribution in [0.4, 0.5) is 5.82 Å². The molecule has 0 aliphatic carbocycles. The van der Waals surface area contributed by atoms with Crippen LogP contribution in [-0.2, 0) is 10.0 Å². The Kier molecular flexibility index (Phi) is 5.18. The Bertz CT molecular complexity index is 566. The zero-order valence-corrected chi connectivity index (χ0v) is 13.4. The maximum absolute atomic E-state index is 11.6. The van der Waals surface area contributed by atoms with Gasteiger partial charge in [0, 0.05) is 31.9 Å². The van der Waals surface area contributed by atoms with Crippen LogP contribution in [0.15, 0.2) is 23.2 Å². The first-order valence-corrected chi connectivity index (χ1v) is 8.87. The van der Waals surface area contributed by atoms with Crippen LogP contribution in [-0.4, -0.2) is 44.0 Å². The van der Waals surface area contributed by atoms with Crippen LogP contribution in [0.2, 0.25) is 0 Å². The molecule has 0 amide bonds. The van der Waals surface area contributed by atoms with E-state index in [1.54, 1.807) is 12.3 Å². The largest absolute Gasteiger partial charge is 0.366 e. The van der Waals surface area contributed by atoms with Crippen LogP contribution >= 0.6 is 0 Å². The number of nitrogens with one attached hydrogen (secondary N) is 1. The van der Waals surface area contributed by atoms with E-state index in [-0.39, 0.29) is 10.9 Å². The Morgan fingerprint density at radius 3 is 2.67 bits per heavy atom. The van der Waals surface area contributed by atoms with Crippen molar-refractivity contribution in [3.05, 3.63) is 18.3 Å². The van der Waals surface area contributed by atoms with Crippen LogP contribution in [0.3, 0.4) is 0 Å². The second-order valence-electron chi connectivity index (χ2n) is 6.01. The van der Waals surface area contributed by atoms with E-state index >= 15 is 0 Å². The van der Waals surface area contributed by atoms with Gasteiger partial charge in [-0.2, -0.15) is 0 Å². The van der Waals surface area contributed by atoms with Gasteiger partial charge in [-0.25, -0.2) is 18.5 Å². The van der Waals surface area contributed by atoms with Gasteiger partial charge in [-0.1, -0.05) is 13.8 Å². The zero-order valence-electron chi connectivity index (χ0n) is 12.6. The summed E-state index contributed by atoms with van der Waals surface area (Å²) in [4.78, 5) is 6.63. The Morgan fingerprint density at radius 1 is 1.43 bits per heavy atom. The van der Waals surface area contributed by atoms with E-state index in [1.165, 1.54) is 6.07 Å². The van der Waals surface area contributed by atoms with Crippen molar-refractivity contribution in [3.63, 3.8) is 0 Å². The highest BCUT2D eigenvalue weighted by Crippen LogP contribution is 2.21. The monoisotopic (exact) mass is 312 g/mol. The molecule has 3 N–H and O–H groups in total. The van der Waals surface area contributed by atoms with Gasteiger partial charge in [0.2, 0.25) is 10.0 Å². The molecule has 0 unspecified atom stereocenters. The van der Waals surface area contributed by atoms with E-state index in [2.05, 4.69) is 29.0 Å². The molecular formula is C14H24N4O2S. The van der Waals surface area contributed by atoms with Crippen molar-refractivity contribution in [2.45, 2.75) is 37.6 Å². The fourth-order valence-electron chi connectivity index (χ4n) is 2.70. The summed E-state index contributed by atoms with van der Waals surface area (Å²) < 4.78 is 23.1. The summed E-state index contributed by atoms with van der Waals surface area (Å²) in [7, 11) is -3.75. The molecule has 7 heteroatoms. The minimum atomic E-state index is -3.75. The number of hydrogen-bond acceptors (Lipinski definition) is 5. The highest BCUT2D eigenvalue weighted by Gasteiger charge is 2.22. The van der Waals surface area contributed by atoms with Crippen molar-refractivity contribution >= 4 is 15.8 Å². The second kappa shape index (κ2) is 6.72. The third kappa shape index (κ3) is 4.66. The number of anilines is 1. The first kappa shape index (κ1) is 16.2. The van der Waals surface area contributed by atoms with Crippen molar-refractivity contribution in [2.24, 2.45) is 11.1 Å². The number of primary sulfonamides is 1. The quantitative estimate of drug-likeness (QED) is 0.854. The van der Waals surface area contributed by atoms with Gasteiger partial charge in [0.25, 0.3) is 0 Å². The number of piperidine rings is 1. The molecule has 1 aromatic rings. The number of likely N-dealkylation sites (tertiary alicyclic amines) is 1. The molecule has 2 rings (SSSR count). The molecule has 1 aliphatic rings. The summed E-state index contributed by atoms with van der Waals surface area (Å²) in [6.07, 6.45) is 3.53. The Balaban J connectivity index is 1.98. The lowest BCUT2D eigenvalue weighted by Gasteiger charge is -2.33. The third-order valence-corrected chi connectivity index (χ3v) is 4.57. The molecule has 0 atom stereocenters. The van der Waals surface area contributed by atoms with E-state index in [4.69, 9.17) is 5.14 Å². The minimum Gasteiger partial charge on any atom is -0.366 e. The average Bonchev–Trinajstić information content (AvgIpc) is 2.40. The number of hydrogen-bond donors (Lipinski definition) is 2. The fraction of sp³-hybridized carbons (Fsp3) is 0.643. The van der Waals surface area contributed by atoms with Crippen LogP contribution in [0, 0.1) is 5.92 Å². The maximum Gasteiger partial charge on any atom is 0.241 e. The van der Waals surface area contributed by atoms with Gasteiger partial charge in [0.15, 0.2) is 0 Å². The fourth-order valence-corrected chi connectivity index (χ4v) is 3.35. The van der Waals surface area contributed by atoms with E-state index in [1.807, 2.05) is 0 Å². The Labute approximate surface area is 126 Å². The molecule has 0 spiro atoms. The smallest absolute Gasteiger partial charge is 0.241 e. The molecule has 21 heavy (non-hydrogen) atoms. The van der Waals surface area contributed by atoms with E-state index in [0.717, 1.165) is 32.5 Å². The lowest BCUT2D eigenvalue weighted by Crippen LogP contribution is -2.41. The summed E-state index contributed by atoms with van der Waals surface area (Å²) >= 11 is 0. The molecule has 6 nitrogen and oxygen atoms in total. The lowest BCUT2D eigenvalue weighted by molar-refractivity contribution is 0.197. The highest BCUT2D eigenvalue weighted by molar-refractivity contribution is 7.89. The topological polar surface area (TPSA) is 88.3 Å². The first-order chi connectivity index (χ1) is 9.86. The SMILES string of the molecule is CC(C)CN1CCC(Nc2ncccc2S(N)(=O)=O)CC1. The van der Waals surface area contributed by atoms with Crippen molar-refractivity contribution in [2.75, 3.05) is 25.0 Å². The predicted octanol–water partition coefficient (Wildman–Crippen LogP) is 1.26. The van der Waals surface area contributed by atoms with E-state index in [0.29, 0.717) is 11.7 Å². The number of rotatable bonds is 5. The van der Waals surface area contributed by atoms with Gasteiger partial charge in [-0.3, -0.25) is 0 Å². The van der Waals surface area contributed by atoms with Crippen LogP contribution in [0.1, 0.15) is 26.7 Å². The number of aromatic nitrogens is 1. The van der Waals surface area contributed by atoms with Gasteiger partial charge >= 0.3 is 0 Å². The second-order valence-corrected chi connectivity index (χ2v) is 7.54. The number of pyridine rings is 1. The van der Waals surface area contributed by atoms with Crippen molar-refractivity contribution in [1.82, 2.24) is 9.88 Å². The Morgan fingerprint density at radius 2 is 2.10 bits per heavy atom. The molecule has 0 radical (unpaired) electrons. The summed E-state index contributed by atoms with van der Waals surface area (Å²) in [6, 6.07) is 3.30.